The number of carbonyl (C=O) groups is 1. The Balaban J connectivity index is 2.11. The molecule has 0 aliphatic carbocycles. The van der Waals surface area contributed by atoms with Gasteiger partial charge in [0, 0.05) is 0 Å². The summed E-state index contributed by atoms with van der Waals surface area (Å²) < 4.78 is 5.15. The number of hydrogen-bond donors (Lipinski definition) is 1. The summed E-state index contributed by atoms with van der Waals surface area (Å²) in [5.74, 6) is 0.554. The molecule has 0 radical (unpaired) electrons. The Bertz CT molecular complexity index is 331. The Kier molecular flexibility index (Phi) is 2.77. The number of aromatic nitrogens is 1. The number of carboxylic acids is 1. The average molecular weight is 213 g/mol. The molecule has 14 heavy (non-hydrogen) atoms. The molecule has 2 heterocycles. The summed E-state index contributed by atoms with van der Waals surface area (Å²) in [4.78, 5) is 14.5. The van der Waals surface area contributed by atoms with E-state index >= 15 is 0 Å². The minimum Gasteiger partial charge on any atom is -0.475 e. The topological polar surface area (TPSA) is 63.3 Å². The first-order valence-corrected chi connectivity index (χ1v) is 5.63. The lowest BCUT2D eigenvalue weighted by atomic mass is 10.2. The van der Waals surface area contributed by atoms with E-state index in [1.54, 1.807) is 11.8 Å². The van der Waals surface area contributed by atoms with E-state index in [9.17, 15) is 4.79 Å². The van der Waals surface area contributed by atoms with Crippen LogP contribution in [0.3, 0.4) is 0 Å². The first-order valence-electron chi connectivity index (χ1n) is 4.58. The van der Waals surface area contributed by atoms with Gasteiger partial charge >= 0.3 is 5.97 Å². The maximum absolute atomic E-state index is 10.6. The monoisotopic (exact) mass is 213 g/mol. The first-order chi connectivity index (χ1) is 6.77. The van der Waals surface area contributed by atoms with E-state index in [-0.39, 0.29) is 11.0 Å². The molecule has 2 rings (SSSR count). The van der Waals surface area contributed by atoms with Crippen LogP contribution in [0.1, 0.15) is 41.0 Å². The molecule has 1 unspecified atom stereocenters. The molecule has 4 nitrogen and oxygen atoms in total. The number of rotatable bonds is 2. The van der Waals surface area contributed by atoms with E-state index in [4.69, 9.17) is 9.52 Å². The number of hydrogen-bond acceptors (Lipinski definition) is 4. The molecule has 0 spiro atoms. The molecule has 76 valence electrons. The van der Waals surface area contributed by atoms with Crippen LogP contribution in [0, 0.1) is 0 Å². The molecular formula is C9H11NO3S. The van der Waals surface area contributed by atoms with Crippen LogP contribution in [0.25, 0.3) is 0 Å². The summed E-state index contributed by atoms with van der Waals surface area (Å²) in [7, 11) is 0. The summed E-state index contributed by atoms with van der Waals surface area (Å²) in [6.07, 6.45) is 4.72. The van der Waals surface area contributed by atoms with Crippen LogP contribution in [0.15, 0.2) is 10.6 Å². The first kappa shape index (κ1) is 9.58. The van der Waals surface area contributed by atoms with Gasteiger partial charge in [0.05, 0.1) is 11.4 Å². The van der Waals surface area contributed by atoms with Gasteiger partial charge in [-0.2, -0.15) is 0 Å². The van der Waals surface area contributed by atoms with E-state index < -0.39 is 5.97 Å². The second-order valence-corrected chi connectivity index (χ2v) is 4.53. The molecule has 0 saturated carbocycles. The highest BCUT2D eigenvalue weighted by molar-refractivity contribution is 7.99. The van der Waals surface area contributed by atoms with Gasteiger partial charge in [0.1, 0.15) is 0 Å². The highest BCUT2D eigenvalue weighted by atomic mass is 32.2. The van der Waals surface area contributed by atoms with Crippen molar-refractivity contribution < 1.29 is 14.3 Å². The van der Waals surface area contributed by atoms with Gasteiger partial charge in [-0.05, 0) is 18.6 Å². The number of oxazole rings is 1. The number of aromatic carboxylic acids is 1. The van der Waals surface area contributed by atoms with Crippen molar-refractivity contribution in [3.05, 3.63) is 17.8 Å². The van der Waals surface area contributed by atoms with Crippen molar-refractivity contribution >= 4 is 17.7 Å². The van der Waals surface area contributed by atoms with E-state index in [1.165, 1.54) is 19.0 Å². The SMILES string of the molecule is O=C(O)c1cnc(C2CCCCS2)o1. The molecule has 1 saturated heterocycles. The Morgan fingerprint density at radius 1 is 1.64 bits per heavy atom. The van der Waals surface area contributed by atoms with Crippen molar-refractivity contribution in [1.29, 1.82) is 0 Å². The van der Waals surface area contributed by atoms with E-state index in [2.05, 4.69) is 4.98 Å². The highest BCUT2D eigenvalue weighted by Gasteiger charge is 2.22. The predicted molar refractivity (Wildman–Crippen MR) is 52.5 cm³/mol. The van der Waals surface area contributed by atoms with Crippen molar-refractivity contribution in [1.82, 2.24) is 4.98 Å². The fourth-order valence-electron chi connectivity index (χ4n) is 1.47. The smallest absolute Gasteiger partial charge is 0.373 e. The molecular weight excluding hydrogens is 202 g/mol. The summed E-state index contributed by atoms with van der Waals surface area (Å²) in [6, 6.07) is 0. The third kappa shape index (κ3) is 1.92. The summed E-state index contributed by atoms with van der Waals surface area (Å²) in [6.45, 7) is 0. The molecule has 1 N–H and O–H groups in total. The quantitative estimate of drug-likeness (QED) is 0.816. The maximum atomic E-state index is 10.6. The maximum Gasteiger partial charge on any atom is 0.373 e. The van der Waals surface area contributed by atoms with Gasteiger partial charge in [0.25, 0.3) is 0 Å². The fraction of sp³-hybridized carbons (Fsp3) is 0.556. The van der Waals surface area contributed by atoms with Crippen molar-refractivity contribution in [2.24, 2.45) is 0 Å². The zero-order valence-corrected chi connectivity index (χ0v) is 8.42. The zero-order chi connectivity index (χ0) is 9.97. The van der Waals surface area contributed by atoms with Crippen LogP contribution >= 0.6 is 11.8 Å². The van der Waals surface area contributed by atoms with E-state index in [1.807, 2.05) is 0 Å². The fourth-order valence-corrected chi connectivity index (χ4v) is 2.71. The summed E-state index contributed by atoms with van der Waals surface area (Å²) in [5.41, 5.74) is 0. The van der Waals surface area contributed by atoms with Crippen LogP contribution in [0.5, 0.6) is 0 Å². The highest BCUT2D eigenvalue weighted by Crippen LogP contribution is 2.37. The standard InChI is InChI=1S/C9H11NO3S/c11-9(12)6-5-10-8(13-6)7-3-1-2-4-14-7/h5,7H,1-4H2,(H,11,12). The molecule has 1 aliphatic rings. The van der Waals surface area contributed by atoms with Crippen LogP contribution in [-0.4, -0.2) is 21.8 Å². The second-order valence-electron chi connectivity index (χ2n) is 3.22. The van der Waals surface area contributed by atoms with Gasteiger partial charge in [0.15, 0.2) is 0 Å². The van der Waals surface area contributed by atoms with E-state index in [0.29, 0.717) is 5.89 Å². The van der Waals surface area contributed by atoms with Gasteiger partial charge < -0.3 is 9.52 Å². The molecule has 5 heteroatoms. The van der Waals surface area contributed by atoms with Crippen LogP contribution < -0.4 is 0 Å². The molecule has 1 fully saturated rings. The van der Waals surface area contributed by atoms with Crippen LogP contribution in [-0.2, 0) is 0 Å². The lowest BCUT2D eigenvalue weighted by Gasteiger charge is -2.17. The van der Waals surface area contributed by atoms with Gasteiger partial charge in [-0.15, -0.1) is 11.8 Å². The minimum atomic E-state index is -1.05. The van der Waals surface area contributed by atoms with Gasteiger partial charge in [-0.3, -0.25) is 0 Å². The Labute approximate surface area is 85.7 Å². The molecule has 1 aromatic heterocycles. The number of thioether (sulfide) groups is 1. The van der Waals surface area contributed by atoms with Gasteiger partial charge in [0.2, 0.25) is 11.7 Å². The number of nitrogens with zero attached hydrogens (tertiary/aromatic N) is 1. The lowest BCUT2D eigenvalue weighted by Crippen LogP contribution is -2.02. The molecule has 0 bridgehead atoms. The lowest BCUT2D eigenvalue weighted by molar-refractivity contribution is 0.0660. The third-order valence-electron chi connectivity index (χ3n) is 2.19. The Hall–Kier alpha value is -0.970. The molecule has 0 aromatic carbocycles. The molecule has 0 amide bonds. The van der Waals surface area contributed by atoms with Crippen molar-refractivity contribution in [3.8, 4) is 0 Å². The molecule has 1 aromatic rings. The second kappa shape index (κ2) is 4.04. The van der Waals surface area contributed by atoms with Gasteiger partial charge in [-0.1, -0.05) is 6.42 Å². The average Bonchev–Trinajstić information content (AvgIpc) is 2.68. The van der Waals surface area contributed by atoms with Crippen molar-refractivity contribution in [2.45, 2.75) is 24.5 Å². The van der Waals surface area contributed by atoms with E-state index in [0.717, 1.165) is 12.2 Å². The van der Waals surface area contributed by atoms with Crippen molar-refractivity contribution in [3.63, 3.8) is 0 Å². The zero-order valence-electron chi connectivity index (χ0n) is 7.60. The Morgan fingerprint density at radius 2 is 2.50 bits per heavy atom. The third-order valence-corrected chi connectivity index (χ3v) is 3.55. The van der Waals surface area contributed by atoms with Crippen LogP contribution in [0.2, 0.25) is 0 Å². The molecule has 1 aliphatic heterocycles. The minimum absolute atomic E-state index is 0.0637. The summed E-state index contributed by atoms with van der Waals surface area (Å²) in [5, 5.41) is 8.90. The summed E-state index contributed by atoms with van der Waals surface area (Å²) >= 11 is 1.79. The molecule has 1 atom stereocenters. The predicted octanol–water partition coefficient (Wildman–Crippen LogP) is 2.33. The van der Waals surface area contributed by atoms with Gasteiger partial charge in [-0.25, -0.2) is 9.78 Å². The normalized spacial score (nSPS) is 22.1. The Morgan fingerprint density at radius 3 is 3.07 bits per heavy atom. The number of carboxylic acid groups (broad SMARTS) is 1. The largest absolute Gasteiger partial charge is 0.475 e. The van der Waals surface area contributed by atoms with Crippen molar-refractivity contribution in [2.75, 3.05) is 5.75 Å². The van der Waals surface area contributed by atoms with Crippen LogP contribution in [0.4, 0.5) is 0 Å².